The van der Waals surface area contributed by atoms with E-state index in [1.807, 2.05) is 0 Å². The number of halogens is 1. The van der Waals surface area contributed by atoms with Gasteiger partial charge in [0.25, 0.3) is 0 Å². The van der Waals surface area contributed by atoms with Crippen LogP contribution in [0.5, 0.6) is 5.75 Å². The monoisotopic (exact) mass is 271 g/mol. The predicted molar refractivity (Wildman–Crippen MR) is 59.6 cm³/mol. The minimum atomic E-state index is -0.874. The third kappa shape index (κ3) is 1.62. The van der Waals surface area contributed by atoms with Gasteiger partial charge < -0.3 is 20.4 Å². The molecule has 15 heavy (non-hydrogen) atoms. The first-order chi connectivity index (χ1) is 7.15. The largest absolute Gasteiger partial charge is 0.506 e. The molecular formula is C10H10BrNO3. The molecule has 1 unspecified atom stereocenters. The maximum Gasteiger partial charge on any atom is 0.151 e. The van der Waals surface area contributed by atoms with E-state index in [4.69, 9.17) is 10.2 Å². The summed E-state index contributed by atoms with van der Waals surface area (Å²) in [5, 5.41) is 20.2. The van der Waals surface area contributed by atoms with Crippen LogP contribution in [0.15, 0.2) is 27.3 Å². The molecule has 1 atom stereocenters. The number of nitrogens with two attached hydrogens (primary N) is 1. The molecule has 0 amide bonds. The second kappa shape index (κ2) is 3.84. The van der Waals surface area contributed by atoms with E-state index in [0.29, 0.717) is 15.6 Å². The molecule has 0 fully saturated rings. The number of benzene rings is 1. The van der Waals surface area contributed by atoms with Gasteiger partial charge in [0, 0.05) is 17.5 Å². The normalized spacial score (nSPS) is 13.3. The Morgan fingerprint density at radius 3 is 2.93 bits per heavy atom. The number of aliphatic hydroxyl groups is 1. The van der Waals surface area contributed by atoms with Crippen LogP contribution in [-0.2, 0) is 0 Å². The predicted octanol–water partition coefficient (Wildman–Crippen LogP) is 1.89. The summed E-state index contributed by atoms with van der Waals surface area (Å²) in [6.07, 6.45) is 0.647. The van der Waals surface area contributed by atoms with Gasteiger partial charge in [-0.15, -0.1) is 0 Å². The molecule has 1 aromatic carbocycles. The lowest BCUT2D eigenvalue weighted by molar-refractivity contribution is 0.182. The number of aromatic hydroxyl groups is 1. The number of hydrogen-bond donors (Lipinski definition) is 3. The molecule has 0 aliphatic rings. The van der Waals surface area contributed by atoms with Crippen molar-refractivity contribution in [1.29, 1.82) is 0 Å². The highest BCUT2D eigenvalue weighted by molar-refractivity contribution is 9.10. The number of furan rings is 1. The Morgan fingerprint density at radius 1 is 1.53 bits per heavy atom. The smallest absolute Gasteiger partial charge is 0.151 e. The highest BCUT2D eigenvalue weighted by Gasteiger charge is 2.17. The molecule has 4 nitrogen and oxygen atoms in total. The van der Waals surface area contributed by atoms with Gasteiger partial charge in [0.1, 0.15) is 10.2 Å². The van der Waals surface area contributed by atoms with Gasteiger partial charge in [-0.25, -0.2) is 0 Å². The van der Waals surface area contributed by atoms with Crippen LogP contribution in [-0.4, -0.2) is 16.8 Å². The molecule has 0 bridgehead atoms. The lowest BCUT2D eigenvalue weighted by Gasteiger charge is -2.11. The van der Waals surface area contributed by atoms with Gasteiger partial charge in [0.15, 0.2) is 5.58 Å². The van der Waals surface area contributed by atoms with Gasteiger partial charge in [-0.3, -0.25) is 0 Å². The summed E-state index contributed by atoms with van der Waals surface area (Å²) in [5.41, 5.74) is 6.30. The molecule has 1 aromatic heterocycles. The van der Waals surface area contributed by atoms with Crippen molar-refractivity contribution in [1.82, 2.24) is 0 Å². The number of phenols is 1. The summed E-state index contributed by atoms with van der Waals surface area (Å²) in [6, 6.07) is 3.42. The van der Waals surface area contributed by atoms with Crippen LogP contribution in [0.4, 0.5) is 0 Å². The fourth-order valence-corrected chi connectivity index (χ4v) is 2.01. The van der Waals surface area contributed by atoms with E-state index in [2.05, 4.69) is 15.9 Å². The molecule has 0 radical (unpaired) electrons. The van der Waals surface area contributed by atoms with Crippen molar-refractivity contribution in [3.63, 3.8) is 0 Å². The molecule has 0 aliphatic carbocycles. The van der Waals surface area contributed by atoms with Crippen LogP contribution in [0.2, 0.25) is 0 Å². The molecule has 5 heteroatoms. The second-order valence-corrected chi connectivity index (χ2v) is 4.01. The molecule has 80 valence electrons. The van der Waals surface area contributed by atoms with Gasteiger partial charge in [-0.1, -0.05) is 0 Å². The molecule has 2 aromatic rings. The maximum absolute atomic E-state index is 9.79. The molecule has 1 heterocycles. The van der Waals surface area contributed by atoms with Crippen molar-refractivity contribution in [2.45, 2.75) is 6.10 Å². The van der Waals surface area contributed by atoms with Crippen molar-refractivity contribution in [2.24, 2.45) is 5.73 Å². The van der Waals surface area contributed by atoms with E-state index in [0.717, 1.165) is 5.39 Å². The van der Waals surface area contributed by atoms with Gasteiger partial charge >= 0.3 is 0 Å². The average molecular weight is 272 g/mol. The zero-order valence-corrected chi connectivity index (χ0v) is 9.36. The van der Waals surface area contributed by atoms with Gasteiger partial charge in [-0.05, 0) is 28.1 Å². The Labute approximate surface area is 94.4 Å². The van der Waals surface area contributed by atoms with Crippen LogP contribution in [0.1, 0.15) is 11.7 Å². The van der Waals surface area contributed by atoms with Crippen molar-refractivity contribution < 1.29 is 14.6 Å². The highest BCUT2D eigenvalue weighted by Crippen LogP contribution is 2.38. The Balaban J connectivity index is 2.70. The minimum Gasteiger partial charge on any atom is -0.506 e. The first kappa shape index (κ1) is 10.5. The van der Waals surface area contributed by atoms with E-state index in [1.165, 1.54) is 6.26 Å². The average Bonchev–Trinajstić information content (AvgIpc) is 2.70. The SMILES string of the molecule is NCC(O)c1cc2ccoc2c(Br)c1O. The minimum absolute atomic E-state index is 0.0320. The third-order valence-corrected chi connectivity index (χ3v) is 3.01. The third-order valence-electron chi connectivity index (χ3n) is 2.27. The fourth-order valence-electron chi connectivity index (χ4n) is 1.46. The number of phenolic OH excluding ortho intramolecular Hbond substituents is 1. The van der Waals surface area contributed by atoms with E-state index in [9.17, 15) is 10.2 Å². The first-order valence-electron chi connectivity index (χ1n) is 4.42. The standard InChI is InChI=1S/C10H10BrNO3/c11-8-9(14)6(7(13)4-12)3-5-1-2-15-10(5)8/h1-3,7,13-14H,4,12H2. The Bertz CT molecular complexity index is 495. The van der Waals surface area contributed by atoms with Crippen LogP contribution < -0.4 is 5.73 Å². The van der Waals surface area contributed by atoms with Crippen molar-refractivity contribution in [3.05, 3.63) is 28.4 Å². The Hall–Kier alpha value is -1.04. The lowest BCUT2D eigenvalue weighted by atomic mass is 10.1. The lowest BCUT2D eigenvalue weighted by Crippen LogP contribution is -2.11. The summed E-state index contributed by atoms with van der Waals surface area (Å²) < 4.78 is 5.62. The molecule has 0 aliphatic heterocycles. The van der Waals surface area contributed by atoms with Crippen LogP contribution in [0.3, 0.4) is 0 Å². The summed E-state index contributed by atoms with van der Waals surface area (Å²) in [7, 11) is 0. The second-order valence-electron chi connectivity index (χ2n) is 3.22. The number of fused-ring (bicyclic) bond motifs is 1. The molecule has 0 saturated heterocycles. The van der Waals surface area contributed by atoms with Crippen molar-refractivity contribution >= 4 is 26.9 Å². The van der Waals surface area contributed by atoms with Crippen LogP contribution in [0.25, 0.3) is 11.0 Å². The summed E-state index contributed by atoms with van der Waals surface area (Å²) in [6.45, 7) is 0.0589. The van der Waals surface area contributed by atoms with Gasteiger partial charge in [0.2, 0.25) is 0 Å². The van der Waals surface area contributed by atoms with Gasteiger partial charge in [-0.2, -0.15) is 0 Å². The summed E-state index contributed by atoms with van der Waals surface area (Å²) in [5.74, 6) is -0.0320. The molecule has 0 spiro atoms. The summed E-state index contributed by atoms with van der Waals surface area (Å²) >= 11 is 3.21. The molecular weight excluding hydrogens is 262 g/mol. The quantitative estimate of drug-likeness (QED) is 0.780. The maximum atomic E-state index is 9.79. The molecule has 4 N–H and O–H groups in total. The Morgan fingerprint density at radius 2 is 2.27 bits per heavy atom. The van der Waals surface area contributed by atoms with Gasteiger partial charge in [0.05, 0.1) is 12.4 Å². The molecule has 0 saturated carbocycles. The zero-order valence-electron chi connectivity index (χ0n) is 7.77. The fraction of sp³-hybridized carbons (Fsp3) is 0.200. The Kier molecular flexibility index (Phi) is 2.68. The number of hydrogen-bond acceptors (Lipinski definition) is 4. The van der Waals surface area contributed by atoms with Crippen molar-refractivity contribution in [3.8, 4) is 5.75 Å². The van der Waals surface area contributed by atoms with Crippen LogP contribution >= 0.6 is 15.9 Å². The van der Waals surface area contributed by atoms with E-state index >= 15 is 0 Å². The number of rotatable bonds is 2. The molecule has 2 rings (SSSR count). The topological polar surface area (TPSA) is 79.6 Å². The zero-order chi connectivity index (χ0) is 11.0. The summed E-state index contributed by atoms with van der Waals surface area (Å²) in [4.78, 5) is 0. The number of aliphatic hydroxyl groups excluding tert-OH is 1. The highest BCUT2D eigenvalue weighted by atomic mass is 79.9. The van der Waals surface area contributed by atoms with Crippen LogP contribution in [0, 0.1) is 0 Å². The van der Waals surface area contributed by atoms with E-state index < -0.39 is 6.10 Å². The van der Waals surface area contributed by atoms with E-state index in [1.54, 1.807) is 12.1 Å². The van der Waals surface area contributed by atoms with E-state index in [-0.39, 0.29) is 12.3 Å². The van der Waals surface area contributed by atoms with Crippen molar-refractivity contribution in [2.75, 3.05) is 6.54 Å². The first-order valence-corrected chi connectivity index (χ1v) is 5.21.